The van der Waals surface area contributed by atoms with Crippen LogP contribution >= 0.6 is 11.6 Å². The molecule has 3 rings (SSSR count). The quantitative estimate of drug-likeness (QED) is 0.685. The maximum atomic E-state index is 5.82. The van der Waals surface area contributed by atoms with Crippen molar-refractivity contribution in [2.45, 2.75) is 25.6 Å². The molecule has 0 aliphatic heterocycles. The average molecular weight is 278 g/mol. The predicted molar refractivity (Wildman–Crippen MR) is 69.8 cm³/mol. The number of hydrogen-bond acceptors (Lipinski definition) is 5. The number of alkyl halides is 1. The lowest BCUT2D eigenvalue weighted by atomic mass is 10.3. The van der Waals surface area contributed by atoms with Gasteiger partial charge < -0.3 is 4.52 Å². The van der Waals surface area contributed by atoms with Gasteiger partial charge in [-0.3, -0.25) is 4.40 Å². The first-order valence-electron chi connectivity index (χ1n) is 6.04. The van der Waals surface area contributed by atoms with Gasteiger partial charge in [0, 0.05) is 12.6 Å². The summed E-state index contributed by atoms with van der Waals surface area (Å²) in [7, 11) is 0. The van der Waals surface area contributed by atoms with Crippen LogP contribution in [0.4, 0.5) is 0 Å². The minimum Gasteiger partial charge on any atom is -0.334 e. The number of aromatic nitrogens is 5. The first-order valence-corrected chi connectivity index (χ1v) is 6.58. The maximum absolute atomic E-state index is 5.82. The van der Waals surface area contributed by atoms with Crippen molar-refractivity contribution in [3.8, 4) is 11.5 Å². The summed E-state index contributed by atoms with van der Waals surface area (Å²) < 4.78 is 7.08. The van der Waals surface area contributed by atoms with Crippen LogP contribution < -0.4 is 0 Å². The van der Waals surface area contributed by atoms with Crippen LogP contribution in [0.25, 0.3) is 17.1 Å². The molecule has 0 bridgehead atoms. The zero-order valence-electron chi connectivity index (χ0n) is 10.4. The van der Waals surface area contributed by atoms with E-state index in [-0.39, 0.29) is 0 Å². The summed E-state index contributed by atoms with van der Waals surface area (Å²) in [5.74, 6) is 2.21. The van der Waals surface area contributed by atoms with E-state index in [1.54, 1.807) is 0 Å². The van der Waals surface area contributed by atoms with Gasteiger partial charge in [-0.2, -0.15) is 4.98 Å². The molecule has 0 atom stereocenters. The summed E-state index contributed by atoms with van der Waals surface area (Å²) in [4.78, 5) is 4.35. The fourth-order valence-corrected chi connectivity index (χ4v) is 2.03. The number of halogens is 1. The molecule has 0 aromatic carbocycles. The van der Waals surface area contributed by atoms with E-state index in [1.807, 2.05) is 22.7 Å². The minimum absolute atomic E-state index is 0.301. The first kappa shape index (κ1) is 12.1. The molecule has 0 unspecified atom stereocenters. The Kier molecular flexibility index (Phi) is 3.16. The highest BCUT2D eigenvalue weighted by Crippen LogP contribution is 2.19. The van der Waals surface area contributed by atoms with Gasteiger partial charge in [0.2, 0.25) is 0 Å². The first-order chi connectivity index (χ1) is 9.31. The van der Waals surface area contributed by atoms with E-state index in [0.29, 0.717) is 17.6 Å². The Hall–Kier alpha value is -1.95. The van der Waals surface area contributed by atoms with Crippen molar-refractivity contribution >= 4 is 17.2 Å². The van der Waals surface area contributed by atoms with Crippen LogP contribution in [-0.2, 0) is 12.3 Å². The lowest BCUT2D eigenvalue weighted by Crippen LogP contribution is -1.92. The van der Waals surface area contributed by atoms with Crippen molar-refractivity contribution in [2.75, 3.05) is 0 Å². The maximum Gasteiger partial charge on any atom is 0.259 e. The highest BCUT2D eigenvalue weighted by molar-refractivity contribution is 6.16. The van der Waals surface area contributed by atoms with Crippen LogP contribution in [0.2, 0.25) is 0 Å². The Balaban J connectivity index is 2.03. The van der Waals surface area contributed by atoms with E-state index in [4.69, 9.17) is 16.1 Å². The normalized spacial score (nSPS) is 11.3. The topological polar surface area (TPSA) is 69.1 Å². The number of pyridine rings is 1. The van der Waals surface area contributed by atoms with Gasteiger partial charge in [0.25, 0.3) is 5.89 Å². The summed E-state index contributed by atoms with van der Waals surface area (Å²) >= 11 is 5.82. The third kappa shape index (κ3) is 2.19. The largest absolute Gasteiger partial charge is 0.334 e. The summed E-state index contributed by atoms with van der Waals surface area (Å²) in [6.07, 6.45) is 3.65. The lowest BCUT2D eigenvalue weighted by molar-refractivity contribution is 0.422. The fourth-order valence-electron chi connectivity index (χ4n) is 1.85. The number of nitrogens with zero attached hydrogens (tertiary/aromatic N) is 5. The smallest absolute Gasteiger partial charge is 0.259 e. The van der Waals surface area contributed by atoms with Crippen molar-refractivity contribution < 1.29 is 4.52 Å². The van der Waals surface area contributed by atoms with E-state index in [0.717, 1.165) is 29.9 Å². The van der Waals surface area contributed by atoms with E-state index in [1.165, 1.54) is 0 Å². The molecule has 0 spiro atoms. The second-order valence-corrected chi connectivity index (χ2v) is 4.43. The summed E-state index contributed by atoms with van der Waals surface area (Å²) in [5.41, 5.74) is 1.57. The van der Waals surface area contributed by atoms with Gasteiger partial charge in [0.1, 0.15) is 0 Å². The van der Waals surface area contributed by atoms with Crippen LogP contribution in [0.5, 0.6) is 0 Å². The third-order valence-electron chi connectivity index (χ3n) is 2.78. The lowest BCUT2D eigenvalue weighted by Gasteiger charge is -1.98. The Morgan fingerprint density at radius 1 is 1.32 bits per heavy atom. The highest BCUT2D eigenvalue weighted by Gasteiger charge is 2.11. The van der Waals surface area contributed by atoms with Crippen molar-refractivity contribution in [2.24, 2.45) is 0 Å². The molecule has 3 aromatic rings. The van der Waals surface area contributed by atoms with Crippen LogP contribution in [0.15, 0.2) is 22.9 Å². The van der Waals surface area contributed by atoms with Gasteiger partial charge in [-0.05, 0) is 18.6 Å². The molecule has 0 N–H and O–H groups in total. The molecule has 7 heteroatoms. The summed E-state index contributed by atoms with van der Waals surface area (Å²) in [6.45, 7) is 2.08. The number of rotatable bonds is 4. The van der Waals surface area contributed by atoms with Crippen molar-refractivity contribution in [1.29, 1.82) is 0 Å². The molecule has 0 saturated heterocycles. The monoisotopic (exact) mass is 277 g/mol. The van der Waals surface area contributed by atoms with Crippen molar-refractivity contribution in [1.82, 2.24) is 24.7 Å². The Labute approximate surface area is 114 Å². The molecule has 0 saturated carbocycles. The second kappa shape index (κ2) is 4.97. The third-order valence-corrected chi connectivity index (χ3v) is 3.02. The summed E-state index contributed by atoms with van der Waals surface area (Å²) in [6, 6.07) is 3.73. The van der Waals surface area contributed by atoms with Crippen molar-refractivity contribution in [3.05, 3.63) is 30.0 Å². The molecule has 0 fully saturated rings. The van der Waals surface area contributed by atoms with Gasteiger partial charge in [0.05, 0.1) is 11.4 Å². The van der Waals surface area contributed by atoms with Crippen molar-refractivity contribution in [3.63, 3.8) is 0 Å². The molecule has 0 radical (unpaired) electrons. The molecule has 3 heterocycles. The average Bonchev–Trinajstić information content (AvgIpc) is 3.04. The molecule has 6 nitrogen and oxygen atoms in total. The van der Waals surface area contributed by atoms with Gasteiger partial charge in [-0.15, -0.1) is 21.8 Å². The molecule has 0 amide bonds. The van der Waals surface area contributed by atoms with E-state index in [9.17, 15) is 0 Å². The van der Waals surface area contributed by atoms with Crippen LogP contribution in [0.3, 0.4) is 0 Å². The molecule has 98 valence electrons. The second-order valence-electron chi connectivity index (χ2n) is 4.16. The molecule has 0 aliphatic carbocycles. The Morgan fingerprint density at radius 2 is 2.21 bits per heavy atom. The standard InChI is InChI=1S/C12H12ClN5O/c1-2-3-9-14-12(19-17-9)8-4-5-10-15-16-11(6-13)18(10)7-8/h4-5,7H,2-3,6H2,1H3. The number of fused-ring (bicyclic) bond motifs is 1. The van der Waals surface area contributed by atoms with E-state index >= 15 is 0 Å². The number of aryl methyl sites for hydroxylation is 1. The predicted octanol–water partition coefficient (Wildman–Crippen LogP) is 2.47. The SMILES string of the molecule is CCCc1noc(-c2ccc3nnc(CCl)n3c2)n1. The van der Waals surface area contributed by atoms with Crippen LogP contribution in [0.1, 0.15) is 25.0 Å². The molecule has 3 aromatic heterocycles. The van der Waals surface area contributed by atoms with E-state index < -0.39 is 0 Å². The molecular formula is C12H12ClN5O. The zero-order valence-corrected chi connectivity index (χ0v) is 11.1. The van der Waals surface area contributed by atoms with Gasteiger partial charge in [-0.1, -0.05) is 12.1 Å². The summed E-state index contributed by atoms with van der Waals surface area (Å²) in [5, 5.41) is 12.0. The van der Waals surface area contributed by atoms with Gasteiger partial charge in [-0.25, -0.2) is 0 Å². The van der Waals surface area contributed by atoms with Gasteiger partial charge in [0.15, 0.2) is 17.3 Å². The van der Waals surface area contributed by atoms with E-state index in [2.05, 4.69) is 27.3 Å². The minimum atomic E-state index is 0.301. The Morgan fingerprint density at radius 3 is 3.00 bits per heavy atom. The van der Waals surface area contributed by atoms with Crippen LogP contribution in [-0.4, -0.2) is 24.7 Å². The van der Waals surface area contributed by atoms with Crippen LogP contribution in [0, 0.1) is 0 Å². The molecule has 19 heavy (non-hydrogen) atoms. The molecular weight excluding hydrogens is 266 g/mol. The highest BCUT2D eigenvalue weighted by atomic mass is 35.5. The van der Waals surface area contributed by atoms with Gasteiger partial charge >= 0.3 is 0 Å². The number of hydrogen-bond donors (Lipinski definition) is 0. The Bertz CT molecular complexity index is 705. The fraction of sp³-hybridized carbons (Fsp3) is 0.333. The zero-order chi connectivity index (χ0) is 13.2. The molecule has 0 aliphatic rings.